The fraction of sp³-hybridized carbons (Fsp3) is 0.938. The van der Waals surface area contributed by atoms with Crippen molar-refractivity contribution < 1.29 is 9.90 Å². The molecule has 5 nitrogen and oxygen atoms in total. The van der Waals surface area contributed by atoms with Gasteiger partial charge in [-0.2, -0.15) is 0 Å². The van der Waals surface area contributed by atoms with Gasteiger partial charge >= 0.3 is 6.03 Å². The predicted octanol–water partition coefficient (Wildman–Crippen LogP) is 1.71. The van der Waals surface area contributed by atoms with E-state index in [1.165, 1.54) is 12.8 Å². The lowest BCUT2D eigenvalue weighted by molar-refractivity contribution is -0.0389. The molecule has 2 aliphatic rings. The Morgan fingerprint density at radius 3 is 2.57 bits per heavy atom. The number of hydrogen-bond donors (Lipinski definition) is 3. The Labute approximate surface area is 128 Å². The molecule has 0 spiro atoms. The molecule has 5 heteroatoms. The van der Waals surface area contributed by atoms with Crippen LogP contribution in [0.2, 0.25) is 0 Å². The van der Waals surface area contributed by atoms with Crippen molar-refractivity contribution in [2.24, 2.45) is 5.92 Å². The standard InChI is InChI=1S/C16H31N3O2/c1-13-4-10-19(11-5-13)14(2)12-18-15(20)17-9-8-16(21)6-3-7-16/h13-14,21H,3-12H2,1-2H3,(H2,17,18,20). The first kappa shape index (κ1) is 16.6. The highest BCUT2D eigenvalue weighted by molar-refractivity contribution is 5.73. The van der Waals surface area contributed by atoms with E-state index in [1.54, 1.807) is 0 Å². The molecule has 1 aliphatic carbocycles. The number of nitrogens with zero attached hydrogens (tertiary/aromatic N) is 1. The van der Waals surface area contributed by atoms with E-state index in [4.69, 9.17) is 0 Å². The molecule has 2 rings (SSSR count). The Balaban J connectivity index is 1.55. The Morgan fingerprint density at radius 2 is 2.00 bits per heavy atom. The third-order valence-electron chi connectivity index (χ3n) is 5.16. The lowest BCUT2D eigenvalue weighted by Gasteiger charge is -2.36. The van der Waals surface area contributed by atoms with E-state index in [1.807, 2.05) is 0 Å². The number of amides is 2. The average molecular weight is 297 g/mol. The van der Waals surface area contributed by atoms with E-state index >= 15 is 0 Å². The first-order chi connectivity index (χ1) is 9.98. The van der Waals surface area contributed by atoms with Crippen LogP contribution in [0, 0.1) is 5.92 Å². The summed E-state index contributed by atoms with van der Waals surface area (Å²) in [6, 6.07) is 0.272. The number of rotatable bonds is 6. The van der Waals surface area contributed by atoms with Crippen molar-refractivity contribution in [2.45, 2.75) is 64.0 Å². The van der Waals surface area contributed by atoms with E-state index in [-0.39, 0.29) is 6.03 Å². The Hall–Kier alpha value is -0.810. The fourth-order valence-electron chi connectivity index (χ4n) is 3.14. The van der Waals surface area contributed by atoms with Crippen molar-refractivity contribution in [3.8, 4) is 0 Å². The number of aliphatic hydroxyl groups is 1. The number of urea groups is 1. The smallest absolute Gasteiger partial charge is 0.314 e. The zero-order valence-electron chi connectivity index (χ0n) is 13.5. The third kappa shape index (κ3) is 5.15. The zero-order valence-corrected chi connectivity index (χ0v) is 13.5. The van der Waals surface area contributed by atoms with Crippen LogP contribution in [0.4, 0.5) is 4.79 Å². The highest BCUT2D eigenvalue weighted by Crippen LogP contribution is 2.33. The van der Waals surface area contributed by atoms with Crippen molar-refractivity contribution >= 4 is 6.03 Å². The Bertz CT molecular complexity index is 336. The van der Waals surface area contributed by atoms with Crippen molar-refractivity contribution in [1.29, 1.82) is 0 Å². The molecule has 1 unspecified atom stereocenters. The second-order valence-electron chi connectivity index (χ2n) is 7.03. The van der Waals surface area contributed by atoms with Gasteiger partial charge in [-0.05, 0) is 64.5 Å². The molecule has 0 aromatic carbocycles. The van der Waals surface area contributed by atoms with Gasteiger partial charge in [-0.1, -0.05) is 6.92 Å². The molecule has 0 radical (unpaired) electrons. The molecule has 0 aromatic heterocycles. The molecule has 1 heterocycles. The van der Waals surface area contributed by atoms with Crippen LogP contribution in [-0.2, 0) is 0 Å². The minimum absolute atomic E-state index is 0.116. The van der Waals surface area contributed by atoms with Crippen LogP contribution in [0.25, 0.3) is 0 Å². The summed E-state index contributed by atoms with van der Waals surface area (Å²) in [7, 11) is 0. The quantitative estimate of drug-likeness (QED) is 0.699. The van der Waals surface area contributed by atoms with Gasteiger partial charge in [0.25, 0.3) is 0 Å². The second kappa shape index (κ2) is 7.45. The largest absolute Gasteiger partial charge is 0.390 e. The Morgan fingerprint density at radius 1 is 1.33 bits per heavy atom. The molecule has 3 N–H and O–H groups in total. The van der Waals surface area contributed by atoms with E-state index in [9.17, 15) is 9.90 Å². The van der Waals surface area contributed by atoms with Gasteiger partial charge < -0.3 is 15.7 Å². The molecule has 1 saturated heterocycles. The minimum atomic E-state index is -0.509. The van der Waals surface area contributed by atoms with Crippen LogP contribution in [0.3, 0.4) is 0 Å². The highest BCUT2D eigenvalue weighted by Gasteiger charge is 2.33. The molecular weight excluding hydrogens is 266 g/mol. The van der Waals surface area contributed by atoms with E-state index in [2.05, 4.69) is 29.4 Å². The van der Waals surface area contributed by atoms with E-state index < -0.39 is 5.60 Å². The molecule has 2 amide bonds. The monoisotopic (exact) mass is 297 g/mol. The molecule has 1 atom stereocenters. The van der Waals surface area contributed by atoms with Gasteiger partial charge in [0, 0.05) is 19.1 Å². The van der Waals surface area contributed by atoms with Gasteiger partial charge in [0.15, 0.2) is 0 Å². The molecule has 1 aliphatic heterocycles. The summed E-state index contributed by atoms with van der Waals surface area (Å²) in [5.41, 5.74) is -0.509. The van der Waals surface area contributed by atoms with Gasteiger partial charge in [0.2, 0.25) is 0 Å². The molecular formula is C16H31N3O2. The summed E-state index contributed by atoms with van der Waals surface area (Å²) < 4.78 is 0. The lowest BCUT2D eigenvalue weighted by atomic mass is 9.78. The van der Waals surface area contributed by atoms with E-state index in [0.717, 1.165) is 38.3 Å². The number of nitrogens with one attached hydrogen (secondary N) is 2. The van der Waals surface area contributed by atoms with Gasteiger partial charge in [0.05, 0.1) is 5.60 Å². The number of hydrogen-bond acceptors (Lipinski definition) is 3. The summed E-state index contributed by atoms with van der Waals surface area (Å²) in [5, 5.41) is 15.7. The number of carbonyl (C=O) groups is 1. The molecule has 0 aromatic rings. The summed E-state index contributed by atoms with van der Waals surface area (Å²) in [6.45, 7) is 8.00. The lowest BCUT2D eigenvalue weighted by Crippen LogP contribution is -2.48. The average Bonchev–Trinajstić information content (AvgIpc) is 2.43. The molecule has 0 bridgehead atoms. The van der Waals surface area contributed by atoms with Gasteiger partial charge in [0.1, 0.15) is 0 Å². The first-order valence-corrected chi connectivity index (χ1v) is 8.47. The van der Waals surface area contributed by atoms with Crippen molar-refractivity contribution in [3.63, 3.8) is 0 Å². The molecule has 2 fully saturated rings. The number of likely N-dealkylation sites (tertiary alicyclic amines) is 1. The first-order valence-electron chi connectivity index (χ1n) is 8.47. The third-order valence-corrected chi connectivity index (χ3v) is 5.16. The fourth-order valence-corrected chi connectivity index (χ4v) is 3.14. The predicted molar refractivity (Wildman–Crippen MR) is 84.3 cm³/mol. The van der Waals surface area contributed by atoms with Crippen LogP contribution < -0.4 is 10.6 Å². The summed E-state index contributed by atoms with van der Waals surface area (Å²) in [6.07, 6.45) is 6.04. The van der Waals surface area contributed by atoms with Crippen LogP contribution in [0.1, 0.15) is 52.4 Å². The van der Waals surface area contributed by atoms with E-state index in [0.29, 0.717) is 25.6 Å². The minimum Gasteiger partial charge on any atom is -0.390 e. The van der Waals surface area contributed by atoms with Gasteiger partial charge in [-0.15, -0.1) is 0 Å². The second-order valence-corrected chi connectivity index (χ2v) is 7.03. The Kier molecular flexibility index (Phi) is 5.88. The number of piperidine rings is 1. The normalized spacial score (nSPS) is 24.1. The van der Waals surface area contributed by atoms with Gasteiger partial charge in [-0.25, -0.2) is 4.79 Å². The maximum Gasteiger partial charge on any atom is 0.314 e. The van der Waals surface area contributed by atoms with Crippen molar-refractivity contribution in [1.82, 2.24) is 15.5 Å². The topological polar surface area (TPSA) is 64.6 Å². The SMILES string of the molecule is CC1CCN(C(C)CNC(=O)NCCC2(O)CCC2)CC1. The molecule has 21 heavy (non-hydrogen) atoms. The van der Waals surface area contributed by atoms with Gasteiger partial charge in [-0.3, -0.25) is 4.90 Å². The maximum atomic E-state index is 11.8. The zero-order chi connectivity index (χ0) is 15.3. The summed E-state index contributed by atoms with van der Waals surface area (Å²) in [4.78, 5) is 14.2. The van der Waals surface area contributed by atoms with Crippen LogP contribution in [-0.4, -0.2) is 53.9 Å². The molecule has 1 saturated carbocycles. The number of carbonyl (C=O) groups excluding carboxylic acids is 1. The van der Waals surface area contributed by atoms with Crippen molar-refractivity contribution in [3.05, 3.63) is 0 Å². The summed E-state index contributed by atoms with van der Waals surface area (Å²) in [5.74, 6) is 0.835. The van der Waals surface area contributed by atoms with Crippen LogP contribution >= 0.6 is 0 Å². The maximum absolute atomic E-state index is 11.8. The van der Waals surface area contributed by atoms with Crippen LogP contribution in [0.5, 0.6) is 0 Å². The van der Waals surface area contributed by atoms with Crippen LogP contribution in [0.15, 0.2) is 0 Å². The summed E-state index contributed by atoms with van der Waals surface area (Å²) >= 11 is 0. The highest BCUT2D eigenvalue weighted by atomic mass is 16.3. The molecule has 122 valence electrons. The van der Waals surface area contributed by atoms with Crippen molar-refractivity contribution in [2.75, 3.05) is 26.2 Å².